The molecule has 8 heteroatoms. The maximum atomic E-state index is 12.5. The maximum absolute atomic E-state index is 12.5. The Morgan fingerprint density at radius 2 is 2.00 bits per heavy atom. The van der Waals surface area contributed by atoms with E-state index in [1.54, 1.807) is 22.1 Å². The molecule has 1 aromatic carbocycles. The maximum Gasteiger partial charge on any atom is 0.272 e. The second-order valence-corrected chi connectivity index (χ2v) is 6.25. The van der Waals surface area contributed by atoms with Gasteiger partial charge in [-0.3, -0.25) is 9.59 Å². The Bertz CT molecular complexity index is 747. The van der Waals surface area contributed by atoms with E-state index in [0.29, 0.717) is 37.8 Å². The van der Waals surface area contributed by atoms with Crippen LogP contribution < -0.4 is 5.32 Å². The number of benzene rings is 1. The Labute approximate surface area is 147 Å². The summed E-state index contributed by atoms with van der Waals surface area (Å²) < 4.78 is 0.938. The molecule has 2 heterocycles. The summed E-state index contributed by atoms with van der Waals surface area (Å²) >= 11 is 3.41. The minimum Gasteiger partial charge on any atom is -0.342 e. The number of carbonyl (C=O) groups is 2. The average molecular weight is 390 g/mol. The van der Waals surface area contributed by atoms with Gasteiger partial charge in [0.15, 0.2) is 0 Å². The van der Waals surface area contributed by atoms with Crippen LogP contribution in [-0.2, 0) is 4.79 Å². The Kier molecular flexibility index (Phi) is 5.05. The Morgan fingerprint density at radius 1 is 1.21 bits per heavy atom. The van der Waals surface area contributed by atoms with Crippen molar-refractivity contribution in [3.63, 3.8) is 0 Å². The smallest absolute Gasteiger partial charge is 0.272 e. The highest BCUT2D eigenvalue weighted by Crippen LogP contribution is 2.18. The minimum absolute atomic E-state index is 0.153. The first kappa shape index (κ1) is 16.4. The number of anilines is 2. The van der Waals surface area contributed by atoms with E-state index in [-0.39, 0.29) is 5.91 Å². The van der Waals surface area contributed by atoms with Crippen LogP contribution in [0.2, 0.25) is 0 Å². The molecule has 24 heavy (non-hydrogen) atoms. The van der Waals surface area contributed by atoms with E-state index < -0.39 is 0 Å². The molecule has 0 unspecified atom stereocenters. The number of piperazine rings is 1. The lowest BCUT2D eigenvalue weighted by Gasteiger charge is -2.32. The minimum atomic E-state index is -0.153. The number of amides is 2. The molecule has 2 aromatic rings. The zero-order chi connectivity index (χ0) is 16.9. The summed E-state index contributed by atoms with van der Waals surface area (Å²) in [6.45, 7) is 2.11. The first-order valence-electron chi connectivity index (χ1n) is 7.50. The molecule has 1 aliphatic rings. The molecule has 1 aromatic heterocycles. The predicted molar refractivity (Wildman–Crippen MR) is 93.0 cm³/mol. The van der Waals surface area contributed by atoms with Gasteiger partial charge < -0.3 is 15.1 Å². The predicted octanol–water partition coefficient (Wildman–Crippen LogP) is 1.90. The molecular weight excluding hydrogens is 374 g/mol. The first-order valence-corrected chi connectivity index (χ1v) is 8.29. The molecule has 0 bridgehead atoms. The zero-order valence-electron chi connectivity index (χ0n) is 12.9. The molecule has 1 saturated heterocycles. The van der Waals surface area contributed by atoms with Crippen LogP contribution in [0.4, 0.5) is 11.6 Å². The normalized spacial score (nSPS) is 14.4. The lowest BCUT2D eigenvalue weighted by Crippen LogP contribution is -2.48. The van der Waals surface area contributed by atoms with Crippen molar-refractivity contribution < 1.29 is 9.59 Å². The standard InChI is InChI=1S/C16H16BrN5O2/c17-12-2-1-3-13(10-12)19-16-18-5-4-14(20-16)15(24)22-8-6-21(11-23)7-9-22/h1-5,10-11H,6-9H2,(H,18,19,20). The van der Waals surface area contributed by atoms with Gasteiger partial charge >= 0.3 is 0 Å². The molecule has 1 fully saturated rings. The van der Waals surface area contributed by atoms with Gasteiger partial charge in [0.2, 0.25) is 12.4 Å². The number of hydrogen-bond acceptors (Lipinski definition) is 5. The van der Waals surface area contributed by atoms with Crippen molar-refractivity contribution in [1.29, 1.82) is 0 Å². The van der Waals surface area contributed by atoms with Crippen molar-refractivity contribution >= 4 is 39.9 Å². The Hall–Kier alpha value is -2.48. The van der Waals surface area contributed by atoms with Gasteiger partial charge in [0.1, 0.15) is 5.69 Å². The van der Waals surface area contributed by atoms with Gasteiger partial charge in [-0.15, -0.1) is 0 Å². The third-order valence-corrected chi connectivity index (χ3v) is 4.20. The molecule has 1 aliphatic heterocycles. The van der Waals surface area contributed by atoms with Gasteiger partial charge in [-0.2, -0.15) is 0 Å². The van der Waals surface area contributed by atoms with E-state index in [1.807, 2.05) is 24.3 Å². The van der Waals surface area contributed by atoms with E-state index in [0.717, 1.165) is 16.6 Å². The summed E-state index contributed by atoms with van der Waals surface area (Å²) in [4.78, 5) is 35.1. The fourth-order valence-corrected chi connectivity index (χ4v) is 2.83. The summed E-state index contributed by atoms with van der Waals surface area (Å²) in [5.41, 5.74) is 1.16. The van der Waals surface area contributed by atoms with Crippen LogP contribution in [0.1, 0.15) is 10.5 Å². The molecule has 0 aliphatic carbocycles. The second-order valence-electron chi connectivity index (χ2n) is 5.33. The second kappa shape index (κ2) is 7.39. The molecular formula is C16H16BrN5O2. The number of hydrogen-bond donors (Lipinski definition) is 1. The molecule has 0 atom stereocenters. The van der Waals surface area contributed by atoms with Crippen LogP contribution in [0.25, 0.3) is 0 Å². The molecule has 0 spiro atoms. The fourth-order valence-electron chi connectivity index (χ4n) is 2.43. The lowest BCUT2D eigenvalue weighted by molar-refractivity contribution is -0.119. The molecule has 3 rings (SSSR count). The fraction of sp³-hybridized carbons (Fsp3) is 0.250. The van der Waals surface area contributed by atoms with Crippen LogP contribution in [-0.4, -0.2) is 58.3 Å². The molecule has 1 N–H and O–H groups in total. The van der Waals surface area contributed by atoms with Crippen LogP contribution in [0.3, 0.4) is 0 Å². The van der Waals surface area contributed by atoms with Gasteiger partial charge in [-0.1, -0.05) is 22.0 Å². The highest BCUT2D eigenvalue weighted by atomic mass is 79.9. The highest BCUT2D eigenvalue weighted by Gasteiger charge is 2.22. The van der Waals surface area contributed by atoms with E-state index in [2.05, 4.69) is 31.2 Å². The number of rotatable bonds is 4. The van der Waals surface area contributed by atoms with Gasteiger partial charge in [-0.25, -0.2) is 9.97 Å². The zero-order valence-corrected chi connectivity index (χ0v) is 14.4. The SMILES string of the molecule is O=CN1CCN(C(=O)c2ccnc(Nc3cccc(Br)c3)n2)CC1. The first-order chi connectivity index (χ1) is 11.7. The lowest BCUT2D eigenvalue weighted by atomic mass is 10.3. The summed E-state index contributed by atoms with van der Waals surface area (Å²) in [6, 6.07) is 9.21. The Morgan fingerprint density at radius 3 is 2.71 bits per heavy atom. The number of nitrogens with zero attached hydrogens (tertiary/aromatic N) is 4. The van der Waals surface area contributed by atoms with Crippen LogP contribution >= 0.6 is 15.9 Å². The molecule has 0 saturated carbocycles. The van der Waals surface area contributed by atoms with E-state index >= 15 is 0 Å². The van der Waals surface area contributed by atoms with Crippen LogP contribution in [0.5, 0.6) is 0 Å². The van der Waals surface area contributed by atoms with Crippen molar-refractivity contribution in [2.24, 2.45) is 0 Å². The summed E-state index contributed by atoms with van der Waals surface area (Å²) in [5.74, 6) is 0.214. The average Bonchev–Trinajstić information content (AvgIpc) is 2.61. The van der Waals surface area contributed by atoms with Crippen molar-refractivity contribution in [2.75, 3.05) is 31.5 Å². The third kappa shape index (κ3) is 3.88. The van der Waals surface area contributed by atoms with E-state index in [4.69, 9.17) is 0 Å². The van der Waals surface area contributed by atoms with E-state index in [1.165, 1.54) is 0 Å². The number of aromatic nitrogens is 2. The van der Waals surface area contributed by atoms with Gasteiger partial charge in [0.05, 0.1) is 0 Å². The van der Waals surface area contributed by atoms with Crippen LogP contribution in [0, 0.1) is 0 Å². The van der Waals surface area contributed by atoms with E-state index in [9.17, 15) is 9.59 Å². The molecule has 2 amide bonds. The Balaban J connectivity index is 1.71. The number of halogens is 1. The van der Waals surface area contributed by atoms with Crippen molar-refractivity contribution in [3.8, 4) is 0 Å². The van der Waals surface area contributed by atoms with Crippen molar-refractivity contribution in [1.82, 2.24) is 19.8 Å². The third-order valence-electron chi connectivity index (χ3n) is 3.71. The van der Waals surface area contributed by atoms with Gasteiger partial charge in [-0.05, 0) is 24.3 Å². The van der Waals surface area contributed by atoms with Crippen LogP contribution in [0.15, 0.2) is 41.0 Å². The van der Waals surface area contributed by atoms with Gasteiger partial charge in [0, 0.05) is 42.5 Å². The van der Waals surface area contributed by atoms with Crippen molar-refractivity contribution in [2.45, 2.75) is 0 Å². The topological polar surface area (TPSA) is 78.4 Å². The number of carbonyl (C=O) groups excluding carboxylic acids is 2. The highest BCUT2D eigenvalue weighted by molar-refractivity contribution is 9.10. The van der Waals surface area contributed by atoms with Crippen molar-refractivity contribution in [3.05, 3.63) is 46.7 Å². The summed E-state index contributed by atoms with van der Waals surface area (Å²) in [6.07, 6.45) is 2.37. The summed E-state index contributed by atoms with van der Waals surface area (Å²) in [7, 11) is 0. The summed E-state index contributed by atoms with van der Waals surface area (Å²) in [5, 5.41) is 3.08. The van der Waals surface area contributed by atoms with Gasteiger partial charge in [0.25, 0.3) is 5.91 Å². The largest absolute Gasteiger partial charge is 0.342 e. The molecule has 0 radical (unpaired) electrons. The molecule has 7 nitrogen and oxygen atoms in total. The number of nitrogens with one attached hydrogen (secondary N) is 1. The molecule has 124 valence electrons. The monoisotopic (exact) mass is 389 g/mol. The quantitative estimate of drug-likeness (QED) is 0.807.